The third-order valence-electron chi connectivity index (χ3n) is 3.59. The number of halogens is 1. The summed E-state index contributed by atoms with van der Waals surface area (Å²) in [6.45, 7) is 7.53. The number of nitrogens with one attached hydrogen (secondary N) is 1. The van der Waals surface area contributed by atoms with Gasteiger partial charge in [0.2, 0.25) is 0 Å². The summed E-state index contributed by atoms with van der Waals surface area (Å²) in [5.41, 5.74) is 1.24. The molecule has 0 aliphatic heterocycles. The number of hydrogen-bond acceptors (Lipinski definition) is 2. The SMILES string of the molecule is CCNC1CCC(c2c(Cl)cnn2C(C)C)C1. The zero-order chi connectivity index (χ0) is 12.4. The molecule has 1 saturated carbocycles. The molecule has 1 aromatic heterocycles. The van der Waals surface area contributed by atoms with Crippen molar-refractivity contribution in [1.82, 2.24) is 15.1 Å². The largest absolute Gasteiger partial charge is 0.314 e. The van der Waals surface area contributed by atoms with Crippen LogP contribution < -0.4 is 5.32 Å². The normalized spacial score (nSPS) is 24.8. The van der Waals surface area contributed by atoms with E-state index in [-0.39, 0.29) is 0 Å². The smallest absolute Gasteiger partial charge is 0.0820 e. The average molecular weight is 256 g/mol. The Hall–Kier alpha value is -0.540. The summed E-state index contributed by atoms with van der Waals surface area (Å²) in [6.07, 6.45) is 5.44. The predicted molar refractivity (Wildman–Crippen MR) is 71.7 cm³/mol. The summed E-state index contributed by atoms with van der Waals surface area (Å²) in [7, 11) is 0. The summed E-state index contributed by atoms with van der Waals surface area (Å²) >= 11 is 6.29. The highest BCUT2D eigenvalue weighted by molar-refractivity contribution is 6.31. The minimum atomic E-state index is 0.385. The van der Waals surface area contributed by atoms with E-state index < -0.39 is 0 Å². The lowest BCUT2D eigenvalue weighted by Gasteiger charge is -2.17. The van der Waals surface area contributed by atoms with Crippen molar-refractivity contribution < 1.29 is 0 Å². The van der Waals surface area contributed by atoms with Crippen molar-refractivity contribution in [3.63, 3.8) is 0 Å². The molecule has 1 heterocycles. The molecule has 1 aromatic rings. The lowest BCUT2D eigenvalue weighted by atomic mass is 10.0. The van der Waals surface area contributed by atoms with Gasteiger partial charge in [-0.15, -0.1) is 0 Å². The third kappa shape index (κ3) is 2.66. The standard InChI is InChI=1S/C13H22ClN3/c1-4-15-11-6-5-10(7-11)13-12(14)8-16-17(13)9(2)3/h8-11,15H,4-7H2,1-3H3. The van der Waals surface area contributed by atoms with E-state index >= 15 is 0 Å². The number of hydrogen-bond donors (Lipinski definition) is 1. The Morgan fingerprint density at radius 2 is 2.29 bits per heavy atom. The minimum Gasteiger partial charge on any atom is -0.314 e. The second-order valence-electron chi connectivity index (χ2n) is 5.18. The van der Waals surface area contributed by atoms with Crippen LogP contribution in [0.15, 0.2) is 6.20 Å². The maximum Gasteiger partial charge on any atom is 0.0820 e. The van der Waals surface area contributed by atoms with Crippen molar-refractivity contribution >= 4 is 11.6 Å². The first-order valence-electron chi connectivity index (χ1n) is 6.59. The molecule has 1 fully saturated rings. The Morgan fingerprint density at radius 3 is 2.94 bits per heavy atom. The van der Waals surface area contributed by atoms with E-state index in [2.05, 4.69) is 35.9 Å². The van der Waals surface area contributed by atoms with Gasteiger partial charge in [0.25, 0.3) is 0 Å². The first-order valence-corrected chi connectivity index (χ1v) is 6.97. The van der Waals surface area contributed by atoms with Crippen molar-refractivity contribution in [2.45, 2.75) is 58.0 Å². The molecular formula is C13H22ClN3. The molecule has 0 saturated heterocycles. The molecule has 3 nitrogen and oxygen atoms in total. The van der Waals surface area contributed by atoms with Crippen LogP contribution in [0.25, 0.3) is 0 Å². The van der Waals surface area contributed by atoms with Gasteiger partial charge in [0.05, 0.1) is 16.9 Å². The lowest BCUT2D eigenvalue weighted by Crippen LogP contribution is -2.25. The van der Waals surface area contributed by atoms with Crippen LogP contribution in [0.4, 0.5) is 0 Å². The molecule has 0 aromatic carbocycles. The predicted octanol–water partition coefficient (Wildman–Crippen LogP) is 3.36. The highest BCUT2D eigenvalue weighted by Crippen LogP contribution is 2.38. The minimum absolute atomic E-state index is 0.385. The average Bonchev–Trinajstić information content (AvgIpc) is 2.85. The van der Waals surface area contributed by atoms with Crippen molar-refractivity contribution in [2.24, 2.45) is 0 Å². The Labute approximate surface area is 109 Å². The highest BCUT2D eigenvalue weighted by Gasteiger charge is 2.29. The fraction of sp³-hybridized carbons (Fsp3) is 0.769. The van der Waals surface area contributed by atoms with Gasteiger partial charge in [0, 0.05) is 18.0 Å². The van der Waals surface area contributed by atoms with Gasteiger partial charge in [0.15, 0.2) is 0 Å². The van der Waals surface area contributed by atoms with Crippen LogP contribution in [0.1, 0.15) is 57.7 Å². The molecule has 2 rings (SSSR count). The van der Waals surface area contributed by atoms with Crippen LogP contribution in [0.5, 0.6) is 0 Å². The van der Waals surface area contributed by atoms with Crippen LogP contribution in [-0.2, 0) is 0 Å². The number of aromatic nitrogens is 2. The molecule has 17 heavy (non-hydrogen) atoms. The van der Waals surface area contributed by atoms with Crippen molar-refractivity contribution in [3.05, 3.63) is 16.9 Å². The van der Waals surface area contributed by atoms with Gasteiger partial charge in [-0.2, -0.15) is 5.10 Å². The molecule has 1 aliphatic rings. The van der Waals surface area contributed by atoms with Crippen molar-refractivity contribution in [3.8, 4) is 0 Å². The summed E-state index contributed by atoms with van der Waals surface area (Å²) in [6, 6.07) is 1.03. The molecule has 96 valence electrons. The van der Waals surface area contributed by atoms with Gasteiger partial charge in [-0.1, -0.05) is 18.5 Å². The van der Waals surface area contributed by atoms with Crippen molar-refractivity contribution in [1.29, 1.82) is 0 Å². The first kappa shape index (κ1) is 12.9. The number of rotatable bonds is 4. The summed E-state index contributed by atoms with van der Waals surface area (Å²) in [5, 5.41) is 8.76. The molecule has 2 atom stereocenters. The lowest BCUT2D eigenvalue weighted by molar-refractivity contribution is 0.476. The highest BCUT2D eigenvalue weighted by atomic mass is 35.5. The zero-order valence-corrected chi connectivity index (χ0v) is 11.7. The fourth-order valence-corrected chi connectivity index (χ4v) is 3.13. The molecule has 4 heteroatoms. The maximum absolute atomic E-state index is 6.29. The fourth-order valence-electron chi connectivity index (χ4n) is 2.85. The Morgan fingerprint density at radius 1 is 1.53 bits per heavy atom. The molecule has 1 N–H and O–H groups in total. The monoisotopic (exact) mass is 255 g/mol. The Bertz CT molecular complexity index is 373. The number of nitrogens with zero attached hydrogens (tertiary/aromatic N) is 2. The van der Waals surface area contributed by atoms with E-state index in [0.29, 0.717) is 18.0 Å². The molecular weight excluding hydrogens is 234 g/mol. The quantitative estimate of drug-likeness (QED) is 0.894. The van der Waals surface area contributed by atoms with Gasteiger partial charge in [-0.05, 0) is 39.7 Å². The van der Waals surface area contributed by atoms with Gasteiger partial charge in [0.1, 0.15) is 0 Å². The van der Waals surface area contributed by atoms with E-state index in [9.17, 15) is 0 Å². The van der Waals surface area contributed by atoms with E-state index in [1.165, 1.54) is 25.0 Å². The molecule has 0 radical (unpaired) electrons. The molecule has 0 bridgehead atoms. The van der Waals surface area contributed by atoms with Crippen LogP contribution in [0.3, 0.4) is 0 Å². The van der Waals surface area contributed by atoms with E-state index in [0.717, 1.165) is 11.6 Å². The van der Waals surface area contributed by atoms with Crippen LogP contribution in [0, 0.1) is 0 Å². The molecule has 2 unspecified atom stereocenters. The zero-order valence-electron chi connectivity index (χ0n) is 10.9. The molecule has 0 spiro atoms. The van der Waals surface area contributed by atoms with E-state index in [4.69, 9.17) is 11.6 Å². The summed E-state index contributed by atoms with van der Waals surface area (Å²) in [5.74, 6) is 0.566. The van der Waals surface area contributed by atoms with Crippen LogP contribution in [-0.4, -0.2) is 22.4 Å². The topological polar surface area (TPSA) is 29.9 Å². The summed E-state index contributed by atoms with van der Waals surface area (Å²) < 4.78 is 2.08. The second kappa shape index (κ2) is 5.40. The van der Waals surface area contributed by atoms with Gasteiger partial charge in [-0.25, -0.2) is 0 Å². The first-order chi connectivity index (χ1) is 8.13. The Kier molecular flexibility index (Phi) is 4.10. The summed E-state index contributed by atoms with van der Waals surface area (Å²) in [4.78, 5) is 0. The van der Waals surface area contributed by atoms with Crippen LogP contribution in [0.2, 0.25) is 5.02 Å². The van der Waals surface area contributed by atoms with E-state index in [1.807, 2.05) is 0 Å². The maximum atomic E-state index is 6.29. The van der Waals surface area contributed by atoms with Gasteiger partial charge < -0.3 is 5.32 Å². The van der Waals surface area contributed by atoms with Crippen LogP contribution >= 0.6 is 11.6 Å². The van der Waals surface area contributed by atoms with Crippen molar-refractivity contribution in [2.75, 3.05) is 6.54 Å². The second-order valence-corrected chi connectivity index (χ2v) is 5.59. The third-order valence-corrected chi connectivity index (χ3v) is 3.88. The Balaban J connectivity index is 2.15. The van der Waals surface area contributed by atoms with Gasteiger partial charge >= 0.3 is 0 Å². The molecule has 0 amide bonds. The van der Waals surface area contributed by atoms with E-state index in [1.54, 1.807) is 6.20 Å². The van der Waals surface area contributed by atoms with Gasteiger partial charge in [-0.3, -0.25) is 4.68 Å². The molecule has 1 aliphatic carbocycles.